The molecule has 0 unspecified atom stereocenters. The monoisotopic (exact) mass is 487 g/mol. The molecule has 0 atom stereocenters. The van der Waals surface area contributed by atoms with Gasteiger partial charge in [0.15, 0.2) is 5.79 Å². The first kappa shape index (κ1) is 24.3. The molecule has 9 nitrogen and oxygen atoms in total. The molecule has 0 aliphatic carbocycles. The summed E-state index contributed by atoms with van der Waals surface area (Å²) in [5.41, 5.74) is 1.95. The van der Waals surface area contributed by atoms with Gasteiger partial charge in [-0.3, -0.25) is 19.6 Å². The molecule has 3 aliphatic rings. The van der Waals surface area contributed by atoms with Gasteiger partial charge in [0.1, 0.15) is 19.3 Å². The number of hydrogen-bond donors (Lipinski definition) is 0. The number of rotatable bonds is 6. The van der Waals surface area contributed by atoms with Crippen LogP contribution < -0.4 is 4.90 Å². The highest BCUT2D eigenvalue weighted by Crippen LogP contribution is 2.37. The van der Waals surface area contributed by atoms with Crippen LogP contribution in [0.1, 0.15) is 23.2 Å². The molecule has 0 bridgehead atoms. The van der Waals surface area contributed by atoms with Gasteiger partial charge in [-0.1, -0.05) is 0 Å². The minimum absolute atomic E-state index is 0.0684. The fraction of sp³-hybridized carbons (Fsp3) is 0.600. The molecule has 4 heterocycles. The number of amides is 1. The maximum atomic E-state index is 14.3. The molecule has 0 saturated carbocycles. The van der Waals surface area contributed by atoms with Crippen molar-refractivity contribution in [1.82, 2.24) is 19.7 Å². The van der Waals surface area contributed by atoms with Gasteiger partial charge in [-0.05, 0) is 32.3 Å². The number of pyridine rings is 1. The first-order valence-electron chi connectivity index (χ1n) is 12.3. The Balaban J connectivity index is 1.36. The van der Waals surface area contributed by atoms with Gasteiger partial charge in [-0.15, -0.1) is 0 Å². The average Bonchev–Trinajstić information content (AvgIpc) is 3.31. The highest BCUT2D eigenvalue weighted by molar-refractivity contribution is 6.07. The molecule has 1 aromatic carbocycles. The fourth-order valence-electron chi connectivity index (χ4n) is 5.11. The highest BCUT2D eigenvalue weighted by Gasteiger charge is 2.41. The summed E-state index contributed by atoms with van der Waals surface area (Å²) < 4.78 is 31.8. The second-order valence-corrected chi connectivity index (χ2v) is 9.73. The Kier molecular flexibility index (Phi) is 7.17. The fourth-order valence-corrected chi connectivity index (χ4v) is 5.11. The van der Waals surface area contributed by atoms with Crippen LogP contribution in [0.3, 0.4) is 0 Å². The smallest absolute Gasteiger partial charge is 0.257 e. The highest BCUT2D eigenvalue weighted by atomic mass is 19.1. The Morgan fingerprint density at radius 2 is 1.83 bits per heavy atom. The van der Waals surface area contributed by atoms with E-state index in [1.165, 1.54) is 12.1 Å². The lowest BCUT2D eigenvalue weighted by molar-refractivity contribution is -0.169. The van der Waals surface area contributed by atoms with Gasteiger partial charge in [0.2, 0.25) is 0 Å². The number of piperidine rings is 1. The van der Waals surface area contributed by atoms with Gasteiger partial charge in [0.25, 0.3) is 5.91 Å². The number of anilines is 1. The molecule has 3 saturated heterocycles. The second-order valence-electron chi connectivity index (χ2n) is 9.73. The molecule has 0 N–H and O–H groups in total. The predicted octanol–water partition coefficient (Wildman–Crippen LogP) is 1.97. The minimum Gasteiger partial charge on any atom is -0.370 e. The summed E-state index contributed by atoms with van der Waals surface area (Å²) >= 11 is 0. The van der Waals surface area contributed by atoms with Crippen molar-refractivity contribution < 1.29 is 23.4 Å². The van der Waals surface area contributed by atoms with E-state index in [0.717, 1.165) is 18.8 Å². The number of hydrogen-bond acceptors (Lipinski definition) is 8. The van der Waals surface area contributed by atoms with E-state index in [1.54, 1.807) is 12.3 Å². The lowest BCUT2D eigenvalue weighted by Gasteiger charge is -2.40. The second kappa shape index (κ2) is 10.3. The number of fused-ring (bicyclic) bond motifs is 1. The molecule has 190 valence electrons. The number of aromatic nitrogens is 1. The standard InChI is InChI=1S/C25H34FN5O4/c1-28(2)17-33-18-29-9-11-31(12-10-29)24(32)21-16-27-22-4-3-19(26)15-20(22)23(21)30-7-5-25(6-8-30)34-13-14-35-25/h3-4,15-16H,5-14,17-18H2,1-2H3. The summed E-state index contributed by atoms with van der Waals surface area (Å²) in [7, 11) is 3.93. The Morgan fingerprint density at radius 1 is 1.11 bits per heavy atom. The number of carbonyl (C=O) groups is 1. The first-order valence-corrected chi connectivity index (χ1v) is 12.3. The molecule has 5 rings (SSSR count). The van der Waals surface area contributed by atoms with E-state index in [9.17, 15) is 9.18 Å². The maximum Gasteiger partial charge on any atom is 0.257 e. The molecule has 3 aliphatic heterocycles. The molecule has 0 radical (unpaired) electrons. The van der Waals surface area contributed by atoms with Gasteiger partial charge in [-0.25, -0.2) is 4.39 Å². The van der Waals surface area contributed by atoms with Crippen LogP contribution in [0.2, 0.25) is 0 Å². The molecule has 10 heteroatoms. The molecular formula is C25H34FN5O4. The zero-order valence-corrected chi connectivity index (χ0v) is 20.5. The maximum absolute atomic E-state index is 14.3. The summed E-state index contributed by atoms with van der Waals surface area (Å²) in [5, 5.41) is 0.663. The topological polar surface area (TPSA) is 70.6 Å². The van der Waals surface area contributed by atoms with E-state index in [2.05, 4.69) is 14.8 Å². The zero-order valence-electron chi connectivity index (χ0n) is 20.5. The molecule has 35 heavy (non-hydrogen) atoms. The summed E-state index contributed by atoms with van der Waals surface area (Å²) in [5.74, 6) is -0.937. The van der Waals surface area contributed by atoms with Crippen LogP contribution in [-0.4, -0.2) is 111 Å². The van der Waals surface area contributed by atoms with E-state index in [1.807, 2.05) is 23.9 Å². The largest absolute Gasteiger partial charge is 0.370 e. The van der Waals surface area contributed by atoms with Crippen molar-refractivity contribution in [2.24, 2.45) is 0 Å². The summed E-state index contributed by atoms with van der Waals surface area (Å²) in [6, 6.07) is 4.56. The van der Waals surface area contributed by atoms with E-state index in [4.69, 9.17) is 14.2 Å². The van der Waals surface area contributed by atoms with Gasteiger partial charge < -0.3 is 24.0 Å². The third kappa shape index (κ3) is 5.26. The van der Waals surface area contributed by atoms with Crippen LogP contribution in [0.25, 0.3) is 10.9 Å². The van der Waals surface area contributed by atoms with Gasteiger partial charge in [-0.2, -0.15) is 0 Å². The number of ether oxygens (including phenoxy) is 3. The molecular weight excluding hydrogens is 453 g/mol. The van der Waals surface area contributed by atoms with Crippen molar-refractivity contribution in [3.63, 3.8) is 0 Å². The van der Waals surface area contributed by atoms with E-state index in [0.29, 0.717) is 82.2 Å². The average molecular weight is 488 g/mol. The van der Waals surface area contributed by atoms with Crippen molar-refractivity contribution >= 4 is 22.5 Å². The Labute approximate surface area is 205 Å². The van der Waals surface area contributed by atoms with Crippen molar-refractivity contribution in [3.8, 4) is 0 Å². The number of piperazine rings is 1. The third-order valence-electron chi connectivity index (χ3n) is 6.97. The van der Waals surface area contributed by atoms with E-state index in [-0.39, 0.29) is 11.7 Å². The van der Waals surface area contributed by atoms with Gasteiger partial charge in [0.05, 0.1) is 30.0 Å². The number of carbonyl (C=O) groups excluding carboxylic acids is 1. The van der Waals surface area contributed by atoms with Crippen LogP contribution in [0, 0.1) is 5.82 Å². The lowest BCUT2D eigenvalue weighted by Crippen LogP contribution is -2.50. The lowest BCUT2D eigenvalue weighted by atomic mass is 9.99. The molecule has 1 spiro atoms. The minimum atomic E-state index is -0.528. The Bertz CT molecular complexity index is 1040. The third-order valence-corrected chi connectivity index (χ3v) is 6.97. The van der Waals surface area contributed by atoms with Crippen LogP contribution in [0.15, 0.2) is 24.4 Å². The normalized spacial score (nSPS) is 20.9. The summed E-state index contributed by atoms with van der Waals surface area (Å²) in [4.78, 5) is 26.4. The van der Waals surface area contributed by atoms with Crippen molar-refractivity contribution in [3.05, 3.63) is 35.8 Å². The quantitative estimate of drug-likeness (QED) is 0.573. The van der Waals surface area contributed by atoms with Crippen LogP contribution in [-0.2, 0) is 14.2 Å². The predicted molar refractivity (Wildman–Crippen MR) is 130 cm³/mol. The SMILES string of the molecule is CN(C)COCN1CCN(C(=O)c2cnc3ccc(F)cc3c2N2CCC3(CC2)OCCO3)CC1. The molecule has 1 amide bonds. The first-order chi connectivity index (χ1) is 16.9. The summed E-state index contributed by atoms with van der Waals surface area (Å²) in [6.45, 7) is 6.34. The van der Waals surface area contributed by atoms with E-state index >= 15 is 0 Å². The van der Waals surface area contributed by atoms with Crippen LogP contribution in [0.4, 0.5) is 10.1 Å². The van der Waals surface area contributed by atoms with Crippen molar-refractivity contribution in [2.75, 3.05) is 84.9 Å². The number of benzene rings is 1. The Morgan fingerprint density at radius 3 is 2.51 bits per heavy atom. The van der Waals surface area contributed by atoms with Gasteiger partial charge >= 0.3 is 0 Å². The molecule has 2 aromatic rings. The number of halogens is 1. The number of nitrogens with zero attached hydrogens (tertiary/aromatic N) is 5. The summed E-state index contributed by atoms with van der Waals surface area (Å²) in [6.07, 6.45) is 3.05. The molecule has 1 aromatic heterocycles. The Hall–Kier alpha value is -2.37. The molecule has 3 fully saturated rings. The van der Waals surface area contributed by atoms with Crippen LogP contribution >= 0.6 is 0 Å². The van der Waals surface area contributed by atoms with Crippen LogP contribution in [0.5, 0.6) is 0 Å². The zero-order chi connectivity index (χ0) is 24.4. The van der Waals surface area contributed by atoms with Gasteiger partial charge in [0, 0.05) is 63.7 Å². The van der Waals surface area contributed by atoms with Crippen molar-refractivity contribution in [2.45, 2.75) is 18.6 Å². The van der Waals surface area contributed by atoms with E-state index < -0.39 is 5.79 Å². The van der Waals surface area contributed by atoms with Crippen molar-refractivity contribution in [1.29, 1.82) is 0 Å².